The number of hydrogen-bond acceptors (Lipinski definition) is 2. The van der Waals surface area contributed by atoms with Crippen LogP contribution in [0.15, 0.2) is 4.99 Å². The van der Waals surface area contributed by atoms with Crippen molar-refractivity contribution in [3.05, 3.63) is 0 Å². The summed E-state index contributed by atoms with van der Waals surface area (Å²) < 4.78 is 0. The maximum Gasteiger partial charge on any atom is 0.408 e. The minimum atomic E-state index is -0.862. The van der Waals surface area contributed by atoms with Gasteiger partial charge in [0, 0.05) is 18.7 Å². The SMILES string of the molecule is CC(C)(C)N=C1CCN(C(=O)O)C1(C)C. The van der Waals surface area contributed by atoms with Gasteiger partial charge in [-0.05, 0) is 34.6 Å². The summed E-state index contributed by atoms with van der Waals surface area (Å²) in [6.07, 6.45) is -0.115. The maximum atomic E-state index is 11.0. The Morgan fingerprint density at radius 1 is 1.47 bits per heavy atom. The zero-order chi connectivity index (χ0) is 11.9. The molecule has 0 aromatic heterocycles. The summed E-state index contributed by atoms with van der Waals surface area (Å²) in [7, 11) is 0. The zero-order valence-corrected chi connectivity index (χ0v) is 10.2. The van der Waals surface area contributed by atoms with Gasteiger partial charge in [0.05, 0.1) is 11.1 Å². The van der Waals surface area contributed by atoms with Gasteiger partial charge in [0.2, 0.25) is 0 Å². The molecule has 0 spiro atoms. The molecule has 1 N–H and O–H groups in total. The zero-order valence-electron chi connectivity index (χ0n) is 10.2. The Morgan fingerprint density at radius 3 is 2.33 bits per heavy atom. The minimum absolute atomic E-state index is 0.138. The van der Waals surface area contributed by atoms with Crippen LogP contribution < -0.4 is 0 Å². The van der Waals surface area contributed by atoms with Gasteiger partial charge >= 0.3 is 6.09 Å². The molecular formula is C11H20N2O2. The normalized spacial score (nSPS) is 23.5. The third kappa shape index (κ3) is 2.49. The summed E-state index contributed by atoms with van der Waals surface area (Å²) in [6.45, 7) is 10.5. The molecule has 0 aliphatic carbocycles. The number of amides is 1. The lowest BCUT2D eigenvalue weighted by Gasteiger charge is -2.30. The van der Waals surface area contributed by atoms with E-state index < -0.39 is 11.6 Å². The molecule has 0 radical (unpaired) electrons. The van der Waals surface area contributed by atoms with E-state index in [9.17, 15) is 4.79 Å². The highest BCUT2D eigenvalue weighted by Gasteiger charge is 2.41. The molecule has 0 bridgehead atoms. The monoisotopic (exact) mass is 212 g/mol. The van der Waals surface area contributed by atoms with Crippen molar-refractivity contribution >= 4 is 11.8 Å². The van der Waals surface area contributed by atoms with Gasteiger partial charge in [-0.1, -0.05) is 0 Å². The summed E-state index contributed by atoms with van der Waals surface area (Å²) in [4.78, 5) is 17.1. The van der Waals surface area contributed by atoms with Crippen LogP contribution in [0.25, 0.3) is 0 Å². The molecule has 1 fully saturated rings. The highest BCUT2D eigenvalue weighted by atomic mass is 16.4. The number of carbonyl (C=O) groups is 1. The molecule has 4 heteroatoms. The topological polar surface area (TPSA) is 52.9 Å². The Kier molecular flexibility index (Phi) is 2.81. The van der Waals surface area contributed by atoms with Crippen molar-refractivity contribution in [2.75, 3.05) is 6.54 Å². The van der Waals surface area contributed by atoms with Crippen molar-refractivity contribution in [1.82, 2.24) is 4.90 Å². The first-order chi connectivity index (χ1) is 6.64. The van der Waals surface area contributed by atoms with E-state index >= 15 is 0 Å². The summed E-state index contributed by atoms with van der Waals surface area (Å²) in [5.74, 6) is 0. The van der Waals surface area contributed by atoms with E-state index in [4.69, 9.17) is 5.11 Å². The minimum Gasteiger partial charge on any atom is -0.465 e. The molecular weight excluding hydrogens is 192 g/mol. The molecule has 1 amide bonds. The smallest absolute Gasteiger partial charge is 0.408 e. The molecule has 0 saturated carbocycles. The maximum absolute atomic E-state index is 11.0. The number of likely N-dealkylation sites (tertiary alicyclic amines) is 1. The van der Waals surface area contributed by atoms with Crippen molar-refractivity contribution in [3.8, 4) is 0 Å². The second-order valence-corrected chi connectivity index (χ2v) is 5.47. The van der Waals surface area contributed by atoms with Gasteiger partial charge in [-0.2, -0.15) is 0 Å². The summed E-state index contributed by atoms with van der Waals surface area (Å²) in [6, 6.07) is 0. The highest BCUT2D eigenvalue weighted by Crippen LogP contribution is 2.28. The van der Waals surface area contributed by atoms with E-state index in [1.54, 1.807) is 0 Å². The molecule has 4 nitrogen and oxygen atoms in total. The highest BCUT2D eigenvalue weighted by molar-refractivity contribution is 5.98. The van der Waals surface area contributed by atoms with Crippen LogP contribution in [0.5, 0.6) is 0 Å². The van der Waals surface area contributed by atoms with Crippen molar-refractivity contribution < 1.29 is 9.90 Å². The molecule has 0 aromatic rings. The first-order valence-electron chi connectivity index (χ1n) is 5.24. The van der Waals surface area contributed by atoms with Crippen LogP contribution in [0.2, 0.25) is 0 Å². The summed E-state index contributed by atoms with van der Waals surface area (Å²) >= 11 is 0. The molecule has 86 valence electrons. The number of aliphatic imine (C=N–C) groups is 1. The van der Waals surface area contributed by atoms with Crippen LogP contribution in [0.1, 0.15) is 41.0 Å². The molecule has 0 aromatic carbocycles. The molecule has 1 heterocycles. The van der Waals surface area contributed by atoms with E-state index in [0.717, 1.165) is 12.1 Å². The van der Waals surface area contributed by atoms with Gasteiger partial charge < -0.3 is 5.11 Å². The first-order valence-corrected chi connectivity index (χ1v) is 5.24. The van der Waals surface area contributed by atoms with Gasteiger partial charge in [-0.15, -0.1) is 0 Å². The third-order valence-electron chi connectivity index (χ3n) is 2.65. The fourth-order valence-electron chi connectivity index (χ4n) is 1.89. The second-order valence-electron chi connectivity index (χ2n) is 5.47. The molecule has 1 saturated heterocycles. The largest absolute Gasteiger partial charge is 0.465 e. The number of nitrogens with zero attached hydrogens (tertiary/aromatic N) is 2. The number of rotatable bonds is 0. The molecule has 15 heavy (non-hydrogen) atoms. The van der Waals surface area contributed by atoms with E-state index in [1.807, 2.05) is 34.6 Å². The molecule has 0 unspecified atom stereocenters. The Balaban J connectivity index is 2.99. The Bertz CT molecular complexity index is 300. The van der Waals surface area contributed by atoms with Gasteiger partial charge in [-0.3, -0.25) is 9.89 Å². The predicted molar refractivity (Wildman–Crippen MR) is 60.6 cm³/mol. The molecule has 0 atom stereocenters. The van der Waals surface area contributed by atoms with Crippen molar-refractivity contribution in [3.63, 3.8) is 0 Å². The molecule has 1 rings (SSSR count). The standard InChI is InChI=1S/C11H20N2O2/c1-10(2,3)12-8-6-7-13(9(14)15)11(8,4)5/h6-7H2,1-5H3,(H,14,15). The summed E-state index contributed by atoms with van der Waals surface area (Å²) in [5, 5.41) is 9.04. The summed E-state index contributed by atoms with van der Waals surface area (Å²) in [5.41, 5.74) is 0.387. The Labute approximate surface area is 91.0 Å². The Morgan fingerprint density at radius 2 is 2.00 bits per heavy atom. The van der Waals surface area contributed by atoms with Crippen molar-refractivity contribution in [2.45, 2.75) is 52.1 Å². The number of hydrogen-bond donors (Lipinski definition) is 1. The quantitative estimate of drug-likeness (QED) is 0.670. The predicted octanol–water partition coefficient (Wildman–Crippen LogP) is 2.39. The lowest BCUT2D eigenvalue weighted by molar-refractivity contribution is 0.128. The lowest BCUT2D eigenvalue weighted by Crippen LogP contribution is -2.46. The van der Waals surface area contributed by atoms with Crippen LogP contribution in [0, 0.1) is 0 Å². The van der Waals surface area contributed by atoms with Crippen LogP contribution >= 0.6 is 0 Å². The van der Waals surface area contributed by atoms with Gasteiger partial charge in [-0.25, -0.2) is 4.79 Å². The van der Waals surface area contributed by atoms with E-state index in [0.29, 0.717) is 6.54 Å². The van der Waals surface area contributed by atoms with Crippen molar-refractivity contribution in [2.24, 2.45) is 4.99 Å². The van der Waals surface area contributed by atoms with E-state index in [2.05, 4.69) is 4.99 Å². The molecule has 1 aliphatic heterocycles. The fourth-order valence-corrected chi connectivity index (χ4v) is 1.89. The van der Waals surface area contributed by atoms with E-state index in [-0.39, 0.29) is 5.54 Å². The van der Waals surface area contributed by atoms with Gasteiger partial charge in [0.25, 0.3) is 0 Å². The number of carboxylic acid groups (broad SMARTS) is 1. The third-order valence-corrected chi connectivity index (χ3v) is 2.65. The average molecular weight is 212 g/mol. The molecule has 1 aliphatic rings. The van der Waals surface area contributed by atoms with Crippen LogP contribution in [-0.2, 0) is 0 Å². The van der Waals surface area contributed by atoms with Crippen LogP contribution in [0.3, 0.4) is 0 Å². The van der Waals surface area contributed by atoms with E-state index in [1.165, 1.54) is 4.90 Å². The van der Waals surface area contributed by atoms with Gasteiger partial charge in [0.1, 0.15) is 0 Å². The Hall–Kier alpha value is -1.06. The first kappa shape index (κ1) is 12.0. The van der Waals surface area contributed by atoms with Gasteiger partial charge in [0.15, 0.2) is 0 Å². The van der Waals surface area contributed by atoms with Crippen LogP contribution in [0.4, 0.5) is 4.79 Å². The fraction of sp³-hybridized carbons (Fsp3) is 0.818. The second kappa shape index (κ2) is 3.51. The van der Waals surface area contributed by atoms with Crippen LogP contribution in [-0.4, -0.2) is 39.4 Å². The lowest BCUT2D eigenvalue weighted by atomic mass is 9.98. The van der Waals surface area contributed by atoms with Crippen molar-refractivity contribution in [1.29, 1.82) is 0 Å². The average Bonchev–Trinajstić information content (AvgIpc) is 2.24.